The summed E-state index contributed by atoms with van der Waals surface area (Å²) in [7, 11) is -1.70. The first kappa shape index (κ1) is 29.8. The van der Waals surface area contributed by atoms with Gasteiger partial charge in [0.2, 0.25) is 0 Å². The molecule has 10 unspecified atom stereocenters. The zero-order valence-corrected chi connectivity index (χ0v) is 27.8. The molecule has 0 heterocycles. The number of hydrogen-bond acceptors (Lipinski definition) is 4. The summed E-state index contributed by atoms with van der Waals surface area (Å²) >= 11 is 0. The smallest absolute Gasteiger partial charge is 0.305 e. The van der Waals surface area contributed by atoms with E-state index in [2.05, 4.69) is 60.1 Å². The lowest BCUT2D eigenvalue weighted by atomic mass is 9.43. The lowest BCUT2D eigenvalue weighted by Crippen LogP contribution is -2.60. The van der Waals surface area contributed by atoms with Gasteiger partial charge < -0.3 is 13.6 Å². The van der Waals surface area contributed by atoms with E-state index in [0.29, 0.717) is 35.9 Å². The maximum atomic E-state index is 12.0. The van der Waals surface area contributed by atoms with Gasteiger partial charge in [0, 0.05) is 12.5 Å². The Balaban J connectivity index is 1.59. The molecule has 0 aromatic rings. The molecule has 4 aliphatic carbocycles. The third kappa shape index (κ3) is 5.97. The minimum atomic E-state index is -1.71. The van der Waals surface area contributed by atoms with Gasteiger partial charge in [0.1, 0.15) is 0 Å². The Kier molecular flexibility index (Phi) is 8.59. The number of carbonyl (C=O) groups excluding carboxylic acids is 1. The lowest BCUT2D eigenvalue weighted by molar-refractivity contribution is -0.169. The zero-order valence-electron chi connectivity index (χ0n) is 25.8. The molecular formula is C31H58O4Si2. The molecule has 4 nitrogen and oxygen atoms in total. The number of esters is 1. The summed E-state index contributed by atoms with van der Waals surface area (Å²) in [5, 5.41) is 0. The van der Waals surface area contributed by atoms with Crippen molar-refractivity contribution in [3.05, 3.63) is 0 Å². The maximum absolute atomic E-state index is 12.0. The first-order valence-corrected chi connectivity index (χ1v) is 22.3. The SMILES string of the molecule is COC(=O)CCC(C)C1CCC2C3CCC4CC(O[Si](C)(C)C)CCC4(C)C3CC(O[Si](C)(C)C)C12C. The molecule has 214 valence electrons. The van der Waals surface area contributed by atoms with E-state index < -0.39 is 16.6 Å². The normalized spacial score (nSPS) is 42.9. The molecule has 0 bridgehead atoms. The van der Waals surface area contributed by atoms with Gasteiger partial charge in [-0.15, -0.1) is 0 Å². The van der Waals surface area contributed by atoms with Crippen molar-refractivity contribution in [2.45, 2.75) is 136 Å². The van der Waals surface area contributed by atoms with Crippen molar-refractivity contribution < 1.29 is 18.4 Å². The first-order valence-electron chi connectivity index (χ1n) is 15.5. The van der Waals surface area contributed by atoms with Gasteiger partial charge in [-0.1, -0.05) is 20.8 Å². The quantitative estimate of drug-likeness (QED) is 0.225. The minimum absolute atomic E-state index is 0.0647. The van der Waals surface area contributed by atoms with Crippen molar-refractivity contribution in [3.8, 4) is 0 Å². The van der Waals surface area contributed by atoms with Gasteiger partial charge in [-0.2, -0.15) is 0 Å². The van der Waals surface area contributed by atoms with Crippen LogP contribution in [0.3, 0.4) is 0 Å². The molecule has 4 fully saturated rings. The molecule has 0 amide bonds. The van der Waals surface area contributed by atoms with Crippen LogP contribution in [0.2, 0.25) is 39.3 Å². The highest BCUT2D eigenvalue weighted by Crippen LogP contribution is 2.69. The Labute approximate surface area is 230 Å². The average Bonchev–Trinajstić information content (AvgIpc) is 3.14. The summed E-state index contributed by atoms with van der Waals surface area (Å²) in [6, 6.07) is 0. The van der Waals surface area contributed by atoms with Crippen molar-refractivity contribution in [1.82, 2.24) is 0 Å². The highest BCUT2D eigenvalue weighted by atomic mass is 28.4. The Hall–Kier alpha value is -0.176. The number of hydrogen-bond donors (Lipinski definition) is 0. The molecule has 37 heavy (non-hydrogen) atoms. The van der Waals surface area contributed by atoms with Crippen LogP contribution in [0, 0.1) is 46.3 Å². The van der Waals surface area contributed by atoms with Gasteiger partial charge in [-0.05, 0) is 143 Å². The standard InChI is InChI=1S/C31H58O4Si2/c1-21(11-16-29(32)33-4)25-14-15-26-24-13-12-22-19-23(34-36(5,6)7)17-18-30(22,2)27(24)20-28(31(25,26)3)35-37(8,9)10/h21-28H,11-20H2,1-10H3. The van der Waals surface area contributed by atoms with E-state index in [9.17, 15) is 4.79 Å². The second-order valence-electron chi connectivity index (χ2n) is 15.9. The number of methoxy groups -OCH3 is 1. The van der Waals surface area contributed by atoms with Crippen LogP contribution < -0.4 is 0 Å². The van der Waals surface area contributed by atoms with Crippen LogP contribution >= 0.6 is 0 Å². The van der Waals surface area contributed by atoms with Crippen LogP contribution in [-0.2, 0) is 18.4 Å². The zero-order chi connectivity index (χ0) is 27.4. The maximum Gasteiger partial charge on any atom is 0.305 e. The fraction of sp³-hybridized carbons (Fsp3) is 0.968. The average molecular weight is 551 g/mol. The Morgan fingerprint density at radius 3 is 2.19 bits per heavy atom. The predicted octanol–water partition coefficient (Wildman–Crippen LogP) is 8.28. The van der Waals surface area contributed by atoms with E-state index >= 15 is 0 Å². The predicted molar refractivity (Wildman–Crippen MR) is 157 cm³/mol. The largest absolute Gasteiger partial charge is 0.469 e. The third-order valence-corrected chi connectivity index (χ3v) is 13.5. The summed E-state index contributed by atoms with van der Waals surface area (Å²) in [5.74, 6) is 4.27. The fourth-order valence-electron chi connectivity index (χ4n) is 9.97. The summed E-state index contributed by atoms with van der Waals surface area (Å²) in [6.45, 7) is 21.9. The van der Waals surface area contributed by atoms with Crippen LogP contribution in [-0.4, -0.2) is 41.9 Å². The van der Waals surface area contributed by atoms with Crippen molar-refractivity contribution in [2.75, 3.05) is 7.11 Å². The van der Waals surface area contributed by atoms with Gasteiger partial charge in [0.25, 0.3) is 0 Å². The van der Waals surface area contributed by atoms with E-state index in [-0.39, 0.29) is 11.4 Å². The van der Waals surface area contributed by atoms with Crippen molar-refractivity contribution in [1.29, 1.82) is 0 Å². The van der Waals surface area contributed by atoms with E-state index in [0.717, 1.165) is 30.1 Å². The molecule has 4 aliphatic rings. The van der Waals surface area contributed by atoms with Crippen molar-refractivity contribution in [3.63, 3.8) is 0 Å². The molecule has 0 radical (unpaired) electrons. The lowest BCUT2D eigenvalue weighted by Gasteiger charge is -2.64. The molecule has 0 aromatic carbocycles. The second kappa shape index (κ2) is 10.7. The molecule has 10 atom stereocenters. The molecular weight excluding hydrogens is 493 g/mol. The van der Waals surface area contributed by atoms with E-state index in [1.54, 1.807) is 0 Å². The molecule has 4 saturated carbocycles. The highest BCUT2D eigenvalue weighted by Gasteiger charge is 2.64. The topological polar surface area (TPSA) is 44.8 Å². The Morgan fingerprint density at radius 2 is 1.57 bits per heavy atom. The van der Waals surface area contributed by atoms with Crippen LogP contribution in [0.25, 0.3) is 0 Å². The molecule has 0 N–H and O–H groups in total. The van der Waals surface area contributed by atoms with Crippen LogP contribution in [0.15, 0.2) is 0 Å². The highest BCUT2D eigenvalue weighted by molar-refractivity contribution is 6.70. The molecule has 0 spiro atoms. The number of ether oxygens (including phenoxy) is 1. The number of carbonyl (C=O) groups is 1. The first-order chi connectivity index (χ1) is 17.1. The summed E-state index contributed by atoms with van der Waals surface area (Å²) < 4.78 is 18.9. The number of rotatable bonds is 8. The molecule has 0 aromatic heterocycles. The van der Waals surface area contributed by atoms with Gasteiger partial charge in [0.05, 0.1) is 13.2 Å². The van der Waals surface area contributed by atoms with E-state index in [1.165, 1.54) is 58.5 Å². The fourth-order valence-corrected chi connectivity index (χ4v) is 12.4. The van der Waals surface area contributed by atoms with Crippen LogP contribution in [0.5, 0.6) is 0 Å². The van der Waals surface area contributed by atoms with E-state index in [1.807, 2.05) is 0 Å². The van der Waals surface area contributed by atoms with Gasteiger partial charge in [-0.25, -0.2) is 0 Å². The Morgan fingerprint density at radius 1 is 0.892 bits per heavy atom. The molecule has 0 saturated heterocycles. The third-order valence-electron chi connectivity index (χ3n) is 11.5. The monoisotopic (exact) mass is 550 g/mol. The molecule has 0 aliphatic heterocycles. The number of fused-ring (bicyclic) bond motifs is 5. The summed E-state index contributed by atoms with van der Waals surface area (Å²) in [6.07, 6.45) is 12.8. The van der Waals surface area contributed by atoms with Crippen molar-refractivity contribution in [2.24, 2.45) is 46.3 Å². The van der Waals surface area contributed by atoms with Gasteiger partial charge in [-0.3, -0.25) is 4.79 Å². The molecule has 4 rings (SSSR count). The Bertz CT molecular complexity index is 819. The van der Waals surface area contributed by atoms with E-state index in [4.69, 9.17) is 13.6 Å². The second-order valence-corrected chi connectivity index (χ2v) is 24.8. The minimum Gasteiger partial charge on any atom is -0.469 e. The van der Waals surface area contributed by atoms with Crippen LogP contribution in [0.1, 0.15) is 85.0 Å². The summed E-state index contributed by atoms with van der Waals surface area (Å²) in [5.41, 5.74) is 0.650. The van der Waals surface area contributed by atoms with Crippen molar-refractivity contribution >= 4 is 22.6 Å². The van der Waals surface area contributed by atoms with Crippen LogP contribution in [0.4, 0.5) is 0 Å². The van der Waals surface area contributed by atoms with Gasteiger partial charge >= 0.3 is 5.97 Å². The summed E-state index contributed by atoms with van der Waals surface area (Å²) in [4.78, 5) is 12.0. The molecule has 6 heteroatoms. The van der Waals surface area contributed by atoms with Gasteiger partial charge in [0.15, 0.2) is 16.6 Å².